The first-order valence-corrected chi connectivity index (χ1v) is 12.7. The molecule has 0 bridgehead atoms. The fourth-order valence-corrected chi connectivity index (χ4v) is 4.45. The molecule has 1 aliphatic heterocycles. The lowest BCUT2D eigenvalue weighted by Crippen LogP contribution is -2.34. The van der Waals surface area contributed by atoms with Crippen molar-refractivity contribution in [3.8, 4) is 5.75 Å². The molecule has 184 valence electrons. The number of methoxy groups -OCH3 is 1. The third kappa shape index (κ3) is 5.73. The number of pyridine rings is 1. The van der Waals surface area contributed by atoms with E-state index in [0.717, 1.165) is 11.3 Å². The molecule has 1 aliphatic rings. The van der Waals surface area contributed by atoms with E-state index < -0.39 is 12.1 Å². The highest BCUT2D eigenvalue weighted by Gasteiger charge is 2.38. The lowest BCUT2D eigenvalue weighted by atomic mass is 10.1. The number of imide groups is 1. The summed E-state index contributed by atoms with van der Waals surface area (Å²) in [6.45, 7) is 0.161. The van der Waals surface area contributed by atoms with Gasteiger partial charge in [-0.2, -0.15) is 11.8 Å². The van der Waals surface area contributed by atoms with Gasteiger partial charge >= 0.3 is 6.03 Å². The molecule has 3 aromatic rings. The van der Waals surface area contributed by atoms with Crippen molar-refractivity contribution in [1.82, 2.24) is 30.1 Å². The van der Waals surface area contributed by atoms with Crippen LogP contribution in [0.2, 0.25) is 0 Å². The van der Waals surface area contributed by atoms with Crippen molar-refractivity contribution in [2.24, 2.45) is 0 Å². The summed E-state index contributed by atoms with van der Waals surface area (Å²) < 4.78 is 7.00. The highest BCUT2D eigenvalue weighted by molar-refractivity contribution is 7.98. The fraction of sp³-hybridized carbons (Fsp3) is 0.375. The molecule has 0 spiro atoms. The van der Waals surface area contributed by atoms with Crippen molar-refractivity contribution >= 4 is 35.3 Å². The summed E-state index contributed by atoms with van der Waals surface area (Å²) in [5.41, 5.74) is 1.52. The number of nitrogens with zero attached hydrogens (tertiary/aromatic N) is 4. The minimum Gasteiger partial charge on any atom is -0.497 e. The monoisotopic (exact) mass is 496 g/mol. The maximum absolute atomic E-state index is 12.8. The molecular formula is C24H28N6O4S. The van der Waals surface area contributed by atoms with E-state index in [1.807, 2.05) is 47.2 Å². The van der Waals surface area contributed by atoms with Gasteiger partial charge in [0, 0.05) is 12.6 Å². The number of hydrogen-bond donors (Lipinski definition) is 2. The molecule has 2 aromatic heterocycles. The van der Waals surface area contributed by atoms with E-state index in [0.29, 0.717) is 23.6 Å². The number of ether oxygens (including phenoxy) is 1. The van der Waals surface area contributed by atoms with Crippen LogP contribution in [0.1, 0.15) is 36.7 Å². The molecule has 1 saturated heterocycles. The number of thioether (sulfide) groups is 1. The summed E-state index contributed by atoms with van der Waals surface area (Å²) in [4.78, 5) is 39.2. The number of fused-ring (bicyclic) bond motifs is 1. The van der Waals surface area contributed by atoms with E-state index in [9.17, 15) is 14.4 Å². The van der Waals surface area contributed by atoms with Gasteiger partial charge in [0.15, 0.2) is 11.5 Å². The van der Waals surface area contributed by atoms with Gasteiger partial charge in [-0.05, 0) is 54.7 Å². The summed E-state index contributed by atoms with van der Waals surface area (Å²) in [6, 6.07) is 11.3. The Kier molecular flexibility index (Phi) is 7.86. The Hall–Kier alpha value is -3.60. The zero-order valence-electron chi connectivity index (χ0n) is 19.6. The normalized spacial score (nSPS) is 16.4. The van der Waals surface area contributed by atoms with Crippen LogP contribution >= 0.6 is 11.8 Å². The first-order chi connectivity index (χ1) is 17.0. The standard InChI is InChI=1S/C24H28N6O4S/c1-34-17-8-6-16(7-9-17)15-30-23(32)19(26-24(30)33)10-11-21(31)25-18(12-14-35-2)22-28-27-20-5-3-4-13-29(20)22/h3-9,13,18-19H,10-12,14-15H2,1-2H3,(H,25,31)(H,26,33)/t18-,19+/m1/s1. The Morgan fingerprint density at radius 3 is 2.74 bits per heavy atom. The number of hydrogen-bond acceptors (Lipinski definition) is 7. The zero-order valence-corrected chi connectivity index (χ0v) is 20.5. The average Bonchev–Trinajstić information content (AvgIpc) is 3.42. The molecule has 0 saturated carbocycles. The second-order valence-electron chi connectivity index (χ2n) is 8.20. The molecule has 10 nitrogen and oxygen atoms in total. The maximum atomic E-state index is 12.8. The Labute approximate surface area is 207 Å². The third-order valence-electron chi connectivity index (χ3n) is 5.86. The van der Waals surface area contributed by atoms with Crippen LogP contribution in [0.4, 0.5) is 4.79 Å². The summed E-state index contributed by atoms with van der Waals surface area (Å²) in [7, 11) is 1.58. The highest BCUT2D eigenvalue weighted by Crippen LogP contribution is 2.20. The largest absolute Gasteiger partial charge is 0.497 e. The highest BCUT2D eigenvalue weighted by atomic mass is 32.2. The topological polar surface area (TPSA) is 118 Å². The maximum Gasteiger partial charge on any atom is 0.325 e. The Balaban J connectivity index is 1.35. The SMILES string of the molecule is COc1ccc(CN2C(=O)N[C@@H](CCC(=O)N[C@H](CCSC)c3nnc4ccccn34)C2=O)cc1. The van der Waals surface area contributed by atoms with Crippen molar-refractivity contribution < 1.29 is 19.1 Å². The van der Waals surface area contributed by atoms with Crippen LogP contribution in [0.15, 0.2) is 48.7 Å². The molecule has 35 heavy (non-hydrogen) atoms. The minimum atomic E-state index is -0.731. The molecule has 1 aromatic carbocycles. The molecular weight excluding hydrogens is 468 g/mol. The van der Waals surface area contributed by atoms with Crippen LogP contribution in [0, 0.1) is 0 Å². The van der Waals surface area contributed by atoms with Gasteiger partial charge in [0.2, 0.25) is 5.91 Å². The lowest BCUT2D eigenvalue weighted by molar-refractivity contribution is -0.128. The van der Waals surface area contributed by atoms with Gasteiger partial charge < -0.3 is 15.4 Å². The second kappa shape index (κ2) is 11.2. The number of urea groups is 1. The van der Waals surface area contributed by atoms with Crippen molar-refractivity contribution in [3.05, 3.63) is 60.0 Å². The van der Waals surface area contributed by atoms with Gasteiger partial charge in [-0.1, -0.05) is 18.2 Å². The lowest BCUT2D eigenvalue weighted by Gasteiger charge is -2.17. The van der Waals surface area contributed by atoms with Gasteiger partial charge in [0.05, 0.1) is 19.7 Å². The van der Waals surface area contributed by atoms with Crippen LogP contribution in [-0.4, -0.2) is 62.5 Å². The van der Waals surface area contributed by atoms with E-state index in [2.05, 4.69) is 20.8 Å². The summed E-state index contributed by atoms with van der Waals surface area (Å²) >= 11 is 1.68. The molecule has 3 heterocycles. The van der Waals surface area contributed by atoms with Gasteiger partial charge in [-0.3, -0.25) is 18.9 Å². The van der Waals surface area contributed by atoms with Gasteiger partial charge in [-0.25, -0.2) is 4.79 Å². The Morgan fingerprint density at radius 2 is 2.00 bits per heavy atom. The predicted molar refractivity (Wildman–Crippen MR) is 132 cm³/mol. The van der Waals surface area contributed by atoms with Crippen LogP contribution in [-0.2, 0) is 16.1 Å². The Bertz CT molecular complexity index is 1200. The van der Waals surface area contributed by atoms with Crippen LogP contribution < -0.4 is 15.4 Å². The van der Waals surface area contributed by atoms with E-state index in [4.69, 9.17) is 4.74 Å². The molecule has 1 fully saturated rings. The number of benzene rings is 1. The smallest absolute Gasteiger partial charge is 0.325 e. The Morgan fingerprint density at radius 1 is 1.20 bits per heavy atom. The number of carbonyl (C=O) groups excluding carboxylic acids is 3. The van der Waals surface area contributed by atoms with Crippen molar-refractivity contribution in [2.75, 3.05) is 19.1 Å². The van der Waals surface area contributed by atoms with E-state index in [1.165, 1.54) is 4.90 Å². The van der Waals surface area contributed by atoms with Crippen LogP contribution in [0.3, 0.4) is 0 Å². The predicted octanol–water partition coefficient (Wildman–Crippen LogP) is 2.55. The molecule has 4 rings (SSSR count). The number of amides is 4. The molecule has 11 heteroatoms. The van der Waals surface area contributed by atoms with Crippen molar-refractivity contribution in [2.45, 2.75) is 37.9 Å². The number of rotatable bonds is 11. The average molecular weight is 497 g/mol. The van der Waals surface area contributed by atoms with Crippen LogP contribution in [0.25, 0.3) is 5.65 Å². The van der Waals surface area contributed by atoms with E-state index in [1.54, 1.807) is 31.0 Å². The minimum absolute atomic E-state index is 0.0968. The number of carbonyl (C=O) groups is 3. The summed E-state index contributed by atoms with van der Waals surface area (Å²) in [6.07, 6.45) is 4.88. The molecule has 2 N–H and O–H groups in total. The van der Waals surface area contributed by atoms with E-state index >= 15 is 0 Å². The van der Waals surface area contributed by atoms with Crippen molar-refractivity contribution in [3.63, 3.8) is 0 Å². The first kappa shape index (κ1) is 24.5. The molecule has 2 atom stereocenters. The quantitative estimate of drug-likeness (QED) is 0.392. The molecule has 0 unspecified atom stereocenters. The summed E-state index contributed by atoms with van der Waals surface area (Å²) in [5.74, 6) is 1.66. The van der Waals surface area contributed by atoms with Crippen LogP contribution in [0.5, 0.6) is 5.75 Å². The summed E-state index contributed by atoms with van der Waals surface area (Å²) in [5, 5.41) is 14.2. The van der Waals surface area contributed by atoms with Gasteiger partial charge in [0.25, 0.3) is 5.91 Å². The van der Waals surface area contributed by atoms with Gasteiger partial charge in [-0.15, -0.1) is 10.2 Å². The number of nitrogens with one attached hydrogen (secondary N) is 2. The molecule has 0 aliphatic carbocycles. The van der Waals surface area contributed by atoms with E-state index in [-0.39, 0.29) is 37.2 Å². The molecule has 4 amide bonds. The molecule has 0 radical (unpaired) electrons. The van der Waals surface area contributed by atoms with Crippen molar-refractivity contribution in [1.29, 1.82) is 0 Å². The second-order valence-corrected chi connectivity index (χ2v) is 9.19. The zero-order chi connectivity index (χ0) is 24.8. The fourth-order valence-electron chi connectivity index (χ4n) is 3.98. The first-order valence-electron chi connectivity index (χ1n) is 11.3. The number of aromatic nitrogens is 3. The third-order valence-corrected chi connectivity index (χ3v) is 6.51. The van der Waals surface area contributed by atoms with Gasteiger partial charge in [0.1, 0.15) is 11.8 Å².